The molecule has 0 bridgehead atoms. The van der Waals surface area contributed by atoms with Gasteiger partial charge in [-0.1, -0.05) is 30.3 Å². The number of nitrogens with one attached hydrogen (secondary N) is 1. The quantitative estimate of drug-likeness (QED) is 0.889. The van der Waals surface area contributed by atoms with Crippen molar-refractivity contribution < 1.29 is 0 Å². The Bertz CT molecular complexity index is 488. The van der Waals surface area contributed by atoms with Gasteiger partial charge >= 0.3 is 0 Å². The molecule has 0 saturated heterocycles. The maximum atomic E-state index is 4.48. The average Bonchev–Trinajstić information content (AvgIpc) is 2.74. The minimum atomic E-state index is 0.0843. The molecule has 0 aliphatic carbocycles. The molecule has 0 radical (unpaired) electrons. The first-order chi connectivity index (χ1) is 8.55. The zero-order valence-corrected chi connectivity index (χ0v) is 12.1. The van der Waals surface area contributed by atoms with Gasteiger partial charge in [-0.25, -0.2) is 4.98 Å². The Kier molecular flexibility index (Phi) is 4.15. The van der Waals surface area contributed by atoms with Crippen LogP contribution in [0.25, 0.3) is 0 Å². The molecule has 2 nitrogen and oxygen atoms in total. The van der Waals surface area contributed by atoms with Crippen LogP contribution in [0.1, 0.15) is 30.1 Å². The van der Waals surface area contributed by atoms with Gasteiger partial charge in [0, 0.05) is 23.2 Å². The highest BCUT2D eigenvalue weighted by atomic mass is 32.1. The SMILES string of the molecule is Cc1csc(CNC(C)(C)Cc2ccccc2)n1. The van der Waals surface area contributed by atoms with E-state index in [1.165, 1.54) is 5.56 Å². The first-order valence-electron chi connectivity index (χ1n) is 6.25. The van der Waals surface area contributed by atoms with Gasteiger partial charge in [0.05, 0.1) is 0 Å². The van der Waals surface area contributed by atoms with Gasteiger partial charge < -0.3 is 5.32 Å². The molecule has 1 heterocycles. The molecule has 0 aliphatic heterocycles. The van der Waals surface area contributed by atoms with E-state index in [1.807, 2.05) is 6.92 Å². The summed E-state index contributed by atoms with van der Waals surface area (Å²) in [6.07, 6.45) is 1.03. The predicted octanol–water partition coefficient (Wildman–Crippen LogP) is 3.56. The lowest BCUT2D eigenvalue weighted by Crippen LogP contribution is -2.40. The zero-order valence-electron chi connectivity index (χ0n) is 11.2. The molecule has 0 unspecified atom stereocenters. The molecule has 0 spiro atoms. The van der Waals surface area contributed by atoms with Crippen LogP contribution >= 0.6 is 11.3 Å². The Morgan fingerprint density at radius 3 is 2.56 bits per heavy atom. The summed E-state index contributed by atoms with van der Waals surface area (Å²) in [5, 5.41) is 6.84. The molecule has 2 rings (SSSR count). The number of benzene rings is 1. The fourth-order valence-corrected chi connectivity index (χ4v) is 2.68. The van der Waals surface area contributed by atoms with Crippen molar-refractivity contribution in [1.82, 2.24) is 10.3 Å². The number of aryl methyl sites for hydroxylation is 1. The Balaban J connectivity index is 1.91. The van der Waals surface area contributed by atoms with E-state index in [0.717, 1.165) is 23.7 Å². The predicted molar refractivity (Wildman–Crippen MR) is 77.9 cm³/mol. The fourth-order valence-electron chi connectivity index (χ4n) is 1.97. The van der Waals surface area contributed by atoms with Gasteiger partial charge in [0.25, 0.3) is 0 Å². The number of hydrogen-bond donors (Lipinski definition) is 1. The van der Waals surface area contributed by atoms with Gasteiger partial charge in [0.2, 0.25) is 0 Å². The van der Waals surface area contributed by atoms with Crippen molar-refractivity contribution in [2.75, 3.05) is 0 Å². The van der Waals surface area contributed by atoms with Crippen LogP contribution in [0.15, 0.2) is 35.7 Å². The summed E-state index contributed by atoms with van der Waals surface area (Å²) in [5.41, 5.74) is 2.56. The Morgan fingerprint density at radius 2 is 1.94 bits per heavy atom. The Hall–Kier alpha value is -1.19. The number of hydrogen-bond acceptors (Lipinski definition) is 3. The topological polar surface area (TPSA) is 24.9 Å². The number of aromatic nitrogens is 1. The van der Waals surface area contributed by atoms with Gasteiger partial charge in [-0.2, -0.15) is 0 Å². The number of rotatable bonds is 5. The molecule has 0 fully saturated rings. The molecule has 2 aromatic rings. The molecule has 96 valence electrons. The molecule has 0 aliphatic rings. The van der Waals surface area contributed by atoms with E-state index in [0.29, 0.717) is 0 Å². The average molecular weight is 260 g/mol. The molecule has 18 heavy (non-hydrogen) atoms. The zero-order chi connectivity index (χ0) is 13.0. The van der Waals surface area contributed by atoms with E-state index in [2.05, 4.69) is 59.9 Å². The molecule has 0 atom stereocenters. The van der Waals surface area contributed by atoms with Crippen molar-refractivity contribution in [3.8, 4) is 0 Å². The molecule has 1 aromatic carbocycles. The third-order valence-corrected chi connectivity index (χ3v) is 3.84. The monoisotopic (exact) mass is 260 g/mol. The lowest BCUT2D eigenvalue weighted by atomic mass is 9.95. The molecule has 1 N–H and O–H groups in total. The van der Waals surface area contributed by atoms with Crippen LogP contribution in [-0.2, 0) is 13.0 Å². The van der Waals surface area contributed by atoms with Crippen LogP contribution in [0.2, 0.25) is 0 Å². The van der Waals surface area contributed by atoms with Crippen molar-refractivity contribution in [2.45, 2.75) is 39.3 Å². The van der Waals surface area contributed by atoms with Crippen LogP contribution in [-0.4, -0.2) is 10.5 Å². The van der Waals surface area contributed by atoms with E-state index < -0.39 is 0 Å². The summed E-state index contributed by atoms with van der Waals surface area (Å²) < 4.78 is 0. The second kappa shape index (κ2) is 5.63. The van der Waals surface area contributed by atoms with Crippen molar-refractivity contribution in [1.29, 1.82) is 0 Å². The van der Waals surface area contributed by atoms with Crippen molar-refractivity contribution >= 4 is 11.3 Å². The largest absolute Gasteiger partial charge is 0.305 e. The Labute approximate surface area is 113 Å². The van der Waals surface area contributed by atoms with Crippen LogP contribution in [0.3, 0.4) is 0 Å². The van der Waals surface area contributed by atoms with Gasteiger partial charge in [0.1, 0.15) is 5.01 Å². The summed E-state index contributed by atoms with van der Waals surface area (Å²) in [6, 6.07) is 10.6. The smallest absolute Gasteiger partial charge is 0.107 e. The first-order valence-corrected chi connectivity index (χ1v) is 7.13. The minimum absolute atomic E-state index is 0.0843. The summed E-state index contributed by atoms with van der Waals surface area (Å²) in [4.78, 5) is 4.48. The Morgan fingerprint density at radius 1 is 1.22 bits per heavy atom. The minimum Gasteiger partial charge on any atom is -0.305 e. The normalized spacial score (nSPS) is 11.7. The summed E-state index contributed by atoms with van der Waals surface area (Å²) in [5.74, 6) is 0. The summed E-state index contributed by atoms with van der Waals surface area (Å²) in [7, 11) is 0. The van der Waals surface area contributed by atoms with Crippen molar-refractivity contribution in [2.24, 2.45) is 0 Å². The van der Waals surface area contributed by atoms with E-state index in [-0.39, 0.29) is 5.54 Å². The van der Waals surface area contributed by atoms with Crippen molar-refractivity contribution in [3.05, 3.63) is 52.0 Å². The highest BCUT2D eigenvalue weighted by Crippen LogP contribution is 2.15. The summed E-state index contributed by atoms with van der Waals surface area (Å²) in [6.45, 7) is 7.36. The molecule has 0 saturated carbocycles. The molecule has 3 heteroatoms. The van der Waals surface area contributed by atoms with Gasteiger partial charge in [-0.3, -0.25) is 0 Å². The molecule has 0 amide bonds. The summed E-state index contributed by atoms with van der Waals surface area (Å²) >= 11 is 1.72. The lowest BCUT2D eigenvalue weighted by molar-refractivity contribution is 0.383. The van der Waals surface area contributed by atoms with E-state index in [1.54, 1.807) is 11.3 Å². The number of thiazole rings is 1. The number of nitrogens with zero attached hydrogens (tertiary/aromatic N) is 1. The van der Waals surface area contributed by atoms with E-state index >= 15 is 0 Å². The van der Waals surface area contributed by atoms with Crippen LogP contribution in [0, 0.1) is 6.92 Å². The van der Waals surface area contributed by atoms with Gasteiger partial charge in [-0.05, 0) is 32.8 Å². The van der Waals surface area contributed by atoms with Crippen molar-refractivity contribution in [3.63, 3.8) is 0 Å². The van der Waals surface area contributed by atoms with E-state index in [9.17, 15) is 0 Å². The maximum absolute atomic E-state index is 4.48. The highest BCUT2D eigenvalue weighted by Gasteiger charge is 2.17. The lowest BCUT2D eigenvalue weighted by Gasteiger charge is -2.26. The van der Waals surface area contributed by atoms with Crippen LogP contribution in [0.4, 0.5) is 0 Å². The fraction of sp³-hybridized carbons (Fsp3) is 0.400. The second-order valence-electron chi connectivity index (χ2n) is 5.28. The maximum Gasteiger partial charge on any atom is 0.107 e. The second-order valence-corrected chi connectivity index (χ2v) is 6.23. The van der Waals surface area contributed by atoms with Crippen LogP contribution < -0.4 is 5.32 Å². The molecular weight excluding hydrogens is 240 g/mol. The van der Waals surface area contributed by atoms with Gasteiger partial charge in [-0.15, -0.1) is 11.3 Å². The molecular formula is C15H20N2S. The third-order valence-electron chi connectivity index (χ3n) is 2.87. The standard InChI is InChI=1S/C15H20N2S/c1-12-11-18-14(17-12)10-16-15(2,3)9-13-7-5-4-6-8-13/h4-8,11,16H,9-10H2,1-3H3. The first kappa shape index (κ1) is 13.2. The molecule has 1 aromatic heterocycles. The van der Waals surface area contributed by atoms with Gasteiger partial charge in [0.15, 0.2) is 0 Å². The van der Waals surface area contributed by atoms with Crippen LogP contribution in [0.5, 0.6) is 0 Å². The highest BCUT2D eigenvalue weighted by molar-refractivity contribution is 7.09. The third kappa shape index (κ3) is 3.93. The van der Waals surface area contributed by atoms with E-state index in [4.69, 9.17) is 0 Å².